The topological polar surface area (TPSA) is 35.2 Å². The van der Waals surface area contributed by atoms with E-state index in [1.54, 1.807) is 0 Å². The molecule has 4 heteroatoms. The molecule has 0 bridgehead atoms. The van der Waals surface area contributed by atoms with Gasteiger partial charge in [0.25, 0.3) is 0 Å². The largest absolute Gasteiger partial charge is 0.494 e. The molecule has 1 atom stereocenters. The molecule has 106 valence electrons. The van der Waals surface area contributed by atoms with E-state index in [9.17, 15) is 0 Å². The molecule has 2 rings (SSSR count). The van der Waals surface area contributed by atoms with E-state index < -0.39 is 0 Å². The van der Waals surface area contributed by atoms with E-state index >= 15 is 0 Å². The highest BCUT2D eigenvalue weighted by Crippen LogP contribution is 2.27. The van der Waals surface area contributed by atoms with Crippen LogP contribution in [-0.4, -0.2) is 13.2 Å². The van der Waals surface area contributed by atoms with Crippen molar-refractivity contribution in [3.05, 3.63) is 63.0 Å². The van der Waals surface area contributed by atoms with Crippen molar-refractivity contribution < 1.29 is 4.74 Å². The van der Waals surface area contributed by atoms with Gasteiger partial charge in [-0.05, 0) is 48.9 Å². The van der Waals surface area contributed by atoms with Gasteiger partial charge in [-0.15, -0.1) is 0 Å². The summed E-state index contributed by atoms with van der Waals surface area (Å²) in [5, 5.41) is 0. The van der Waals surface area contributed by atoms with Crippen molar-refractivity contribution >= 4 is 31.9 Å². The SMILES string of the molecule is NCC(CCOc1ccc(Br)cc1)c1ccccc1Br. The van der Waals surface area contributed by atoms with E-state index in [4.69, 9.17) is 10.5 Å². The van der Waals surface area contributed by atoms with E-state index in [1.165, 1.54) is 5.56 Å². The van der Waals surface area contributed by atoms with Crippen LogP contribution in [-0.2, 0) is 0 Å². The van der Waals surface area contributed by atoms with Crippen molar-refractivity contribution in [1.29, 1.82) is 0 Å². The summed E-state index contributed by atoms with van der Waals surface area (Å²) < 4.78 is 7.93. The Morgan fingerprint density at radius 2 is 1.70 bits per heavy atom. The first-order chi connectivity index (χ1) is 9.70. The van der Waals surface area contributed by atoms with Crippen LogP contribution in [0.15, 0.2) is 57.5 Å². The van der Waals surface area contributed by atoms with Gasteiger partial charge >= 0.3 is 0 Å². The number of ether oxygens (including phenoxy) is 1. The van der Waals surface area contributed by atoms with Crippen LogP contribution in [0.4, 0.5) is 0 Å². The van der Waals surface area contributed by atoms with Crippen LogP contribution in [0.5, 0.6) is 5.75 Å². The van der Waals surface area contributed by atoms with E-state index in [0.29, 0.717) is 19.1 Å². The summed E-state index contributed by atoms with van der Waals surface area (Å²) in [5.74, 6) is 1.19. The van der Waals surface area contributed by atoms with Crippen molar-refractivity contribution in [2.75, 3.05) is 13.2 Å². The molecule has 0 aromatic heterocycles. The van der Waals surface area contributed by atoms with Gasteiger partial charge in [-0.2, -0.15) is 0 Å². The van der Waals surface area contributed by atoms with Gasteiger partial charge in [-0.1, -0.05) is 50.1 Å². The molecule has 2 aromatic carbocycles. The monoisotopic (exact) mass is 397 g/mol. The molecular formula is C16H17Br2NO. The average molecular weight is 399 g/mol. The highest BCUT2D eigenvalue weighted by atomic mass is 79.9. The summed E-state index contributed by atoms with van der Waals surface area (Å²) in [6, 6.07) is 16.1. The summed E-state index contributed by atoms with van der Waals surface area (Å²) in [7, 11) is 0. The minimum atomic E-state index is 0.307. The predicted molar refractivity (Wildman–Crippen MR) is 90.2 cm³/mol. The molecule has 0 aliphatic carbocycles. The normalized spacial score (nSPS) is 12.2. The fourth-order valence-electron chi connectivity index (χ4n) is 2.06. The Morgan fingerprint density at radius 1 is 1.00 bits per heavy atom. The summed E-state index contributed by atoms with van der Waals surface area (Å²) >= 11 is 6.99. The number of hydrogen-bond donors (Lipinski definition) is 1. The second-order valence-corrected chi connectivity index (χ2v) is 6.32. The number of nitrogens with two attached hydrogens (primary N) is 1. The van der Waals surface area contributed by atoms with Crippen molar-refractivity contribution in [3.8, 4) is 5.75 Å². The van der Waals surface area contributed by atoms with Gasteiger partial charge in [0.05, 0.1) is 6.61 Å². The molecule has 0 saturated carbocycles. The van der Waals surface area contributed by atoms with Crippen LogP contribution < -0.4 is 10.5 Å². The smallest absolute Gasteiger partial charge is 0.119 e. The van der Waals surface area contributed by atoms with Crippen LogP contribution >= 0.6 is 31.9 Å². The van der Waals surface area contributed by atoms with Crippen LogP contribution in [0.2, 0.25) is 0 Å². The molecule has 2 N–H and O–H groups in total. The van der Waals surface area contributed by atoms with Gasteiger partial charge in [0, 0.05) is 14.9 Å². The Bertz CT molecular complexity index is 542. The highest BCUT2D eigenvalue weighted by molar-refractivity contribution is 9.10. The summed E-state index contributed by atoms with van der Waals surface area (Å²) in [6.45, 7) is 1.27. The van der Waals surface area contributed by atoms with Gasteiger partial charge < -0.3 is 10.5 Å². The standard InChI is InChI=1S/C16H17Br2NO/c17-13-5-7-14(8-6-13)20-10-9-12(11-19)15-3-1-2-4-16(15)18/h1-8,12H,9-11,19H2. The quantitative estimate of drug-likeness (QED) is 0.763. The third-order valence-corrected chi connectivity index (χ3v) is 4.43. The Kier molecular flexibility index (Phi) is 6.07. The molecule has 0 heterocycles. The summed E-state index contributed by atoms with van der Waals surface area (Å²) in [6.07, 6.45) is 0.898. The van der Waals surface area contributed by atoms with Gasteiger partial charge in [0.1, 0.15) is 5.75 Å². The van der Waals surface area contributed by atoms with E-state index in [1.807, 2.05) is 42.5 Å². The second-order valence-electron chi connectivity index (χ2n) is 4.55. The fraction of sp³-hybridized carbons (Fsp3) is 0.250. The maximum absolute atomic E-state index is 5.89. The van der Waals surface area contributed by atoms with E-state index in [0.717, 1.165) is 21.1 Å². The van der Waals surface area contributed by atoms with E-state index in [2.05, 4.69) is 37.9 Å². The highest BCUT2D eigenvalue weighted by Gasteiger charge is 2.12. The molecule has 20 heavy (non-hydrogen) atoms. The molecule has 0 aliphatic heterocycles. The molecule has 1 unspecified atom stereocenters. The maximum Gasteiger partial charge on any atom is 0.119 e. The van der Waals surface area contributed by atoms with Crippen molar-refractivity contribution in [3.63, 3.8) is 0 Å². The van der Waals surface area contributed by atoms with Crippen LogP contribution in [0.25, 0.3) is 0 Å². The molecule has 0 radical (unpaired) electrons. The Hall–Kier alpha value is -0.840. The van der Waals surface area contributed by atoms with Gasteiger partial charge in [-0.3, -0.25) is 0 Å². The maximum atomic E-state index is 5.89. The first-order valence-electron chi connectivity index (χ1n) is 6.53. The Morgan fingerprint density at radius 3 is 2.35 bits per heavy atom. The van der Waals surface area contributed by atoms with Gasteiger partial charge in [0.15, 0.2) is 0 Å². The minimum absolute atomic E-state index is 0.307. The summed E-state index contributed by atoms with van der Waals surface area (Å²) in [5.41, 5.74) is 7.14. The van der Waals surface area contributed by atoms with Gasteiger partial charge in [0.2, 0.25) is 0 Å². The lowest BCUT2D eigenvalue weighted by Gasteiger charge is -2.17. The fourth-order valence-corrected chi connectivity index (χ4v) is 2.93. The predicted octanol–water partition coefficient (Wildman–Crippen LogP) is 4.72. The van der Waals surface area contributed by atoms with Crippen LogP contribution in [0, 0.1) is 0 Å². The minimum Gasteiger partial charge on any atom is -0.494 e. The lowest BCUT2D eigenvalue weighted by molar-refractivity contribution is 0.298. The molecule has 2 aromatic rings. The zero-order valence-electron chi connectivity index (χ0n) is 11.1. The van der Waals surface area contributed by atoms with Crippen molar-refractivity contribution in [2.24, 2.45) is 5.73 Å². The van der Waals surface area contributed by atoms with Crippen molar-refractivity contribution in [2.45, 2.75) is 12.3 Å². The average Bonchev–Trinajstić information content (AvgIpc) is 2.47. The third kappa shape index (κ3) is 4.33. The van der Waals surface area contributed by atoms with Crippen LogP contribution in [0.1, 0.15) is 17.9 Å². The molecule has 0 spiro atoms. The second kappa shape index (κ2) is 7.81. The number of rotatable bonds is 6. The first-order valence-corrected chi connectivity index (χ1v) is 8.12. The molecule has 2 nitrogen and oxygen atoms in total. The molecule has 0 fully saturated rings. The molecule has 0 saturated heterocycles. The van der Waals surface area contributed by atoms with Gasteiger partial charge in [-0.25, -0.2) is 0 Å². The molecule has 0 amide bonds. The summed E-state index contributed by atoms with van der Waals surface area (Å²) in [4.78, 5) is 0. The first kappa shape index (κ1) is 15.5. The Balaban J connectivity index is 1.91. The van der Waals surface area contributed by atoms with Crippen LogP contribution in [0.3, 0.4) is 0 Å². The Labute approximate surface area is 136 Å². The lowest BCUT2D eigenvalue weighted by Crippen LogP contribution is -2.16. The number of hydrogen-bond acceptors (Lipinski definition) is 2. The zero-order valence-corrected chi connectivity index (χ0v) is 14.2. The molecule has 0 aliphatic rings. The number of benzene rings is 2. The van der Waals surface area contributed by atoms with E-state index in [-0.39, 0.29) is 0 Å². The van der Waals surface area contributed by atoms with Crippen molar-refractivity contribution in [1.82, 2.24) is 0 Å². The number of halogens is 2. The molecular weight excluding hydrogens is 382 g/mol. The lowest BCUT2D eigenvalue weighted by atomic mass is 9.96. The third-order valence-electron chi connectivity index (χ3n) is 3.18. The zero-order chi connectivity index (χ0) is 14.4.